The molecule has 2 nitrogen and oxygen atoms in total. The molecule has 0 aliphatic rings. The first-order chi connectivity index (χ1) is 4.18. The molecule has 0 amide bonds. The van der Waals surface area contributed by atoms with Crippen LogP contribution in [0.5, 0.6) is 0 Å². The summed E-state index contributed by atoms with van der Waals surface area (Å²) in [4.78, 5) is 0. The highest BCUT2D eigenvalue weighted by molar-refractivity contribution is 6.39. The highest BCUT2D eigenvalue weighted by Gasteiger charge is 1.88. The van der Waals surface area contributed by atoms with Crippen LogP contribution in [0.4, 0.5) is 0 Å². The molecule has 0 spiro atoms. The van der Waals surface area contributed by atoms with Crippen molar-refractivity contribution in [3.05, 3.63) is 22.3 Å². The van der Waals surface area contributed by atoms with Crippen LogP contribution < -0.4 is 11.5 Å². The second-order valence-electron chi connectivity index (χ2n) is 1.33. The zero-order valence-corrected chi connectivity index (χ0v) is 6.28. The minimum absolute atomic E-state index is 0.0846. The Labute approximate surface area is 64.1 Å². The average Bonchev–Trinajstić information content (AvgIpc) is 1.82. The van der Waals surface area contributed by atoms with Crippen LogP contribution in [0.3, 0.4) is 0 Å². The molecule has 0 saturated heterocycles. The van der Waals surface area contributed by atoms with Crippen LogP contribution in [0.25, 0.3) is 0 Å². The lowest BCUT2D eigenvalue weighted by atomic mass is 10.5. The predicted octanol–water partition coefficient (Wildman–Crippen LogP) is 1.11. The Morgan fingerprint density at radius 1 is 1.44 bits per heavy atom. The van der Waals surface area contributed by atoms with Crippen LogP contribution in [0, 0.1) is 0 Å². The lowest BCUT2D eigenvalue weighted by Crippen LogP contribution is -1.93. The third kappa shape index (κ3) is 4.33. The smallest absolute Gasteiger partial charge is 0.118 e. The van der Waals surface area contributed by atoms with E-state index in [-0.39, 0.29) is 5.16 Å². The van der Waals surface area contributed by atoms with Crippen molar-refractivity contribution in [1.82, 2.24) is 0 Å². The van der Waals surface area contributed by atoms with Gasteiger partial charge in [-0.2, -0.15) is 0 Å². The fourth-order valence-electron chi connectivity index (χ4n) is 0.251. The minimum Gasteiger partial charge on any atom is -0.388 e. The highest BCUT2D eigenvalue weighted by atomic mass is 35.5. The van der Waals surface area contributed by atoms with Gasteiger partial charge in [0.05, 0.1) is 5.03 Å². The molecule has 0 aliphatic heterocycles. The van der Waals surface area contributed by atoms with Gasteiger partial charge < -0.3 is 11.5 Å². The van der Waals surface area contributed by atoms with E-state index in [9.17, 15) is 0 Å². The molecule has 9 heavy (non-hydrogen) atoms. The number of nitrogens with two attached hydrogens (primary N) is 2. The topological polar surface area (TPSA) is 52.0 Å². The number of hydrogen-bond donors (Lipinski definition) is 2. The fourth-order valence-corrected chi connectivity index (χ4v) is 0.403. The summed E-state index contributed by atoms with van der Waals surface area (Å²) in [6, 6.07) is 0. The summed E-state index contributed by atoms with van der Waals surface area (Å²) in [5, 5.41) is 0.406. The molecule has 0 rings (SSSR count). The van der Waals surface area contributed by atoms with E-state index < -0.39 is 0 Å². The number of halogens is 2. The molecule has 0 aromatic carbocycles. The van der Waals surface area contributed by atoms with Crippen LogP contribution >= 0.6 is 23.2 Å². The molecule has 0 radical (unpaired) electrons. The van der Waals surface area contributed by atoms with E-state index in [1.54, 1.807) is 12.2 Å². The summed E-state index contributed by atoms with van der Waals surface area (Å²) < 4.78 is 0. The van der Waals surface area contributed by atoms with E-state index in [4.69, 9.17) is 34.7 Å². The van der Waals surface area contributed by atoms with Crippen molar-refractivity contribution in [3.63, 3.8) is 0 Å². The second-order valence-corrected chi connectivity index (χ2v) is 2.15. The van der Waals surface area contributed by atoms with Gasteiger partial charge >= 0.3 is 0 Å². The van der Waals surface area contributed by atoms with Crippen LogP contribution in [0.15, 0.2) is 22.3 Å². The zero-order valence-electron chi connectivity index (χ0n) is 4.77. The zero-order chi connectivity index (χ0) is 7.28. The lowest BCUT2D eigenvalue weighted by molar-refractivity contribution is 1.25. The Bertz CT molecular complexity index is 136. The first kappa shape index (κ1) is 8.82. The van der Waals surface area contributed by atoms with Crippen LogP contribution in [0.2, 0.25) is 0 Å². The molecule has 0 bridgehead atoms. The van der Waals surface area contributed by atoms with Gasteiger partial charge in [0.2, 0.25) is 0 Å². The Kier molecular flexibility index (Phi) is 4.58. The van der Waals surface area contributed by atoms with Gasteiger partial charge in [-0.05, 0) is 6.08 Å². The van der Waals surface area contributed by atoms with Crippen LogP contribution in [-0.4, -0.2) is 6.54 Å². The standard InChI is InChI=1S/C5H8Cl2N2/c6-4(5(7)9)2-1-3-8/h1-2H,3,8-9H2. The van der Waals surface area contributed by atoms with Crippen molar-refractivity contribution in [1.29, 1.82) is 0 Å². The molecule has 0 saturated carbocycles. The van der Waals surface area contributed by atoms with Gasteiger partial charge in [0, 0.05) is 6.54 Å². The summed E-state index contributed by atoms with van der Waals surface area (Å²) >= 11 is 10.8. The first-order valence-corrected chi connectivity index (χ1v) is 3.11. The summed E-state index contributed by atoms with van der Waals surface area (Å²) in [7, 11) is 0. The van der Waals surface area contributed by atoms with E-state index in [0.717, 1.165) is 0 Å². The van der Waals surface area contributed by atoms with Crippen molar-refractivity contribution in [2.24, 2.45) is 11.5 Å². The molecule has 0 aromatic rings. The van der Waals surface area contributed by atoms with Gasteiger partial charge in [-0.15, -0.1) is 0 Å². The molecule has 0 heterocycles. The maximum atomic E-state index is 5.47. The minimum atomic E-state index is 0.0846. The highest BCUT2D eigenvalue weighted by Crippen LogP contribution is 2.08. The molecule has 4 heteroatoms. The van der Waals surface area contributed by atoms with E-state index in [0.29, 0.717) is 11.6 Å². The maximum absolute atomic E-state index is 5.47. The summed E-state index contributed by atoms with van der Waals surface area (Å²) in [5.74, 6) is 0. The van der Waals surface area contributed by atoms with Crippen LogP contribution in [-0.2, 0) is 0 Å². The van der Waals surface area contributed by atoms with E-state index in [1.807, 2.05) is 0 Å². The number of allylic oxidation sites excluding steroid dienone is 2. The molecule has 0 unspecified atom stereocenters. The summed E-state index contributed by atoms with van der Waals surface area (Å²) in [6.45, 7) is 0.431. The second kappa shape index (κ2) is 4.68. The first-order valence-electron chi connectivity index (χ1n) is 2.36. The summed E-state index contributed by atoms with van der Waals surface area (Å²) in [6.07, 6.45) is 3.22. The fraction of sp³-hybridized carbons (Fsp3) is 0.200. The number of rotatable bonds is 2. The molecule has 0 atom stereocenters. The molecular weight excluding hydrogens is 159 g/mol. The monoisotopic (exact) mass is 166 g/mol. The van der Waals surface area contributed by atoms with Gasteiger partial charge in [-0.3, -0.25) is 0 Å². The Morgan fingerprint density at radius 2 is 2.00 bits per heavy atom. The SMILES string of the molecule is NCC=CC(Cl)=C(N)Cl. The Morgan fingerprint density at radius 3 is 2.33 bits per heavy atom. The normalized spacial score (nSPS) is 14.1. The largest absolute Gasteiger partial charge is 0.388 e. The quantitative estimate of drug-likeness (QED) is 0.478. The van der Waals surface area contributed by atoms with Crippen molar-refractivity contribution < 1.29 is 0 Å². The van der Waals surface area contributed by atoms with E-state index in [2.05, 4.69) is 0 Å². The molecule has 0 fully saturated rings. The Hall–Kier alpha value is -0.180. The van der Waals surface area contributed by atoms with Crippen molar-refractivity contribution >= 4 is 23.2 Å². The van der Waals surface area contributed by atoms with E-state index >= 15 is 0 Å². The third-order valence-electron chi connectivity index (χ3n) is 0.628. The molecule has 52 valence electrons. The maximum Gasteiger partial charge on any atom is 0.118 e. The lowest BCUT2D eigenvalue weighted by Gasteiger charge is -1.88. The predicted molar refractivity (Wildman–Crippen MR) is 41.1 cm³/mol. The van der Waals surface area contributed by atoms with E-state index in [1.165, 1.54) is 0 Å². The summed E-state index contributed by atoms with van der Waals surface area (Å²) in [5.41, 5.74) is 10.2. The van der Waals surface area contributed by atoms with Gasteiger partial charge in [0.1, 0.15) is 5.16 Å². The molecule has 0 aliphatic carbocycles. The van der Waals surface area contributed by atoms with Crippen molar-refractivity contribution in [3.8, 4) is 0 Å². The molecular formula is C5H8Cl2N2. The van der Waals surface area contributed by atoms with Crippen LogP contribution in [0.1, 0.15) is 0 Å². The van der Waals surface area contributed by atoms with Gasteiger partial charge in [0.25, 0.3) is 0 Å². The van der Waals surface area contributed by atoms with Gasteiger partial charge in [-0.25, -0.2) is 0 Å². The van der Waals surface area contributed by atoms with Crippen molar-refractivity contribution in [2.75, 3.05) is 6.54 Å². The molecule has 4 N–H and O–H groups in total. The van der Waals surface area contributed by atoms with Gasteiger partial charge in [-0.1, -0.05) is 29.3 Å². The average molecular weight is 167 g/mol. The third-order valence-corrected chi connectivity index (χ3v) is 1.26. The Balaban J connectivity index is 3.91. The molecule has 0 aromatic heterocycles. The van der Waals surface area contributed by atoms with Gasteiger partial charge in [0.15, 0.2) is 0 Å². The van der Waals surface area contributed by atoms with Crippen molar-refractivity contribution in [2.45, 2.75) is 0 Å². The number of hydrogen-bond acceptors (Lipinski definition) is 2.